The average molecular weight is 441 g/mol. The normalized spacial score (nSPS) is 14.4. The number of ether oxygens (including phenoxy) is 1. The van der Waals surface area contributed by atoms with Gasteiger partial charge < -0.3 is 20.3 Å². The monoisotopic (exact) mass is 441 g/mol. The Morgan fingerprint density at radius 3 is 2.75 bits per heavy atom. The second-order valence-electron chi connectivity index (χ2n) is 6.91. The smallest absolute Gasteiger partial charge is 0.339 e. The highest BCUT2D eigenvalue weighted by Gasteiger charge is 2.31. The molecule has 0 aliphatic carbocycles. The molecule has 0 radical (unpaired) electrons. The Morgan fingerprint density at radius 2 is 2.09 bits per heavy atom. The number of hydrogen-bond acceptors (Lipinski definition) is 5. The third-order valence-electron chi connectivity index (χ3n) is 4.97. The SMILES string of the molecule is COc1ccc(C2CC(=O)Nc3c2cnn3Cc2cccc(F)c2)cc1C(=O)O.O=CO. The summed E-state index contributed by atoms with van der Waals surface area (Å²) in [5.74, 6) is -1.21. The van der Waals surface area contributed by atoms with Crippen molar-refractivity contribution in [2.45, 2.75) is 18.9 Å². The zero-order chi connectivity index (χ0) is 23.3. The number of carboxylic acids is 1. The molecule has 3 aromatic rings. The van der Waals surface area contributed by atoms with Crippen LogP contribution in [0, 0.1) is 5.82 Å². The number of nitrogens with zero attached hydrogens (tertiary/aromatic N) is 2. The molecule has 0 bridgehead atoms. The lowest BCUT2D eigenvalue weighted by Crippen LogP contribution is -2.25. The maximum atomic E-state index is 13.5. The van der Waals surface area contributed by atoms with Gasteiger partial charge in [-0.1, -0.05) is 18.2 Å². The Kier molecular flexibility index (Phi) is 6.83. The van der Waals surface area contributed by atoms with E-state index in [-0.39, 0.29) is 41.8 Å². The average Bonchev–Trinajstić information content (AvgIpc) is 3.15. The molecule has 0 saturated heterocycles. The van der Waals surface area contributed by atoms with E-state index in [1.165, 1.54) is 25.3 Å². The molecule has 0 fully saturated rings. The van der Waals surface area contributed by atoms with Gasteiger partial charge in [0.2, 0.25) is 5.91 Å². The van der Waals surface area contributed by atoms with Crippen LogP contribution in [-0.4, -0.2) is 45.5 Å². The van der Waals surface area contributed by atoms with Crippen molar-refractivity contribution in [2.24, 2.45) is 0 Å². The van der Waals surface area contributed by atoms with Crippen LogP contribution in [0.5, 0.6) is 5.75 Å². The van der Waals surface area contributed by atoms with Gasteiger partial charge in [0.15, 0.2) is 0 Å². The molecule has 10 heteroatoms. The Morgan fingerprint density at radius 1 is 1.34 bits per heavy atom. The van der Waals surface area contributed by atoms with Gasteiger partial charge in [0.25, 0.3) is 6.47 Å². The molecule has 4 rings (SSSR count). The van der Waals surface area contributed by atoms with Crippen LogP contribution >= 0.6 is 0 Å². The molecule has 0 saturated carbocycles. The highest BCUT2D eigenvalue weighted by Crippen LogP contribution is 2.38. The number of carbonyl (C=O) groups excluding carboxylic acids is 1. The molecule has 3 N–H and O–H groups in total. The van der Waals surface area contributed by atoms with Gasteiger partial charge in [-0.25, -0.2) is 13.9 Å². The van der Waals surface area contributed by atoms with Crippen LogP contribution in [-0.2, 0) is 16.1 Å². The topological polar surface area (TPSA) is 131 Å². The van der Waals surface area contributed by atoms with Crippen molar-refractivity contribution in [3.05, 3.63) is 76.7 Å². The van der Waals surface area contributed by atoms with Crippen molar-refractivity contribution in [3.63, 3.8) is 0 Å². The van der Waals surface area contributed by atoms with Crippen LogP contribution in [0.4, 0.5) is 10.2 Å². The lowest BCUT2D eigenvalue weighted by atomic mass is 9.86. The molecule has 1 aliphatic rings. The number of aromatic carboxylic acids is 1. The number of carboxylic acid groups (broad SMARTS) is 2. The van der Waals surface area contributed by atoms with Crippen LogP contribution < -0.4 is 10.1 Å². The fraction of sp³-hybridized carbons (Fsp3) is 0.182. The van der Waals surface area contributed by atoms with E-state index in [0.29, 0.717) is 23.5 Å². The molecule has 2 heterocycles. The molecule has 1 amide bonds. The number of amides is 1. The number of methoxy groups -OCH3 is 1. The van der Waals surface area contributed by atoms with Crippen LogP contribution in [0.15, 0.2) is 48.7 Å². The molecule has 2 aromatic carbocycles. The molecule has 1 atom stereocenters. The van der Waals surface area contributed by atoms with E-state index in [0.717, 1.165) is 5.56 Å². The maximum Gasteiger partial charge on any atom is 0.339 e. The first-order valence-electron chi connectivity index (χ1n) is 9.47. The summed E-state index contributed by atoms with van der Waals surface area (Å²) in [4.78, 5) is 32.3. The van der Waals surface area contributed by atoms with E-state index in [1.807, 2.05) is 0 Å². The number of hydrogen-bond donors (Lipinski definition) is 3. The maximum absolute atomic E-state index is 13.5. The molecule has 1 aromatic heterocycles. The van der Waals surface area contributed by atoms with E-state index in [1.54, 1.807) is 35.1 Å². The lowest BCUT2D eigenvalue weighted by Gasteiger charge is -2.24. The summed E-state index contributed by atoms with van der Waals surface area (Å²) < 4.78 is 20.2. The van der Waals surface area contributed by atoms with Crippen molar-refractivity contribution >= 4 is 24.2 Å². The molecule has 32 heavy (non-hydrogen) atoms. The quantitative estimate of drug-likeness (QED) is 0.519. The Labute approximate surface area is 182 Å². The van der Waals surface area contributed by atoms with E-state index in [9.17, 15) is 19.1 Å². The van der Waals surface area contributed by atoms with Gasteiger partial charge in [-0.15, -0.1) is 0 Å². The minimum atomic E-state index is -1.11. The summed E-state index contributed by atoms with van der Waals surface area (Å²) in [5, 5.41) is 23.5. The van der Waals surface area contributed by atoms with Gasteiger partial charge in [-0.05, 0) is 35.4 Å². The number of benzene rings is 2. The fourth-order valence-corrected chi connectivity index (χ4v) is 3.60. The number of nitrogens with one attached hydrogen (secondary N) is 1. The van der Waals surface area contributed by atoms with Crippen molar-refractivity contribution in [3.8, 4) is 5.75 Å². The van der Waals surface area contributed by atoms with Crippen molar-refractivity contribution in [2.75, 3.05) is 12.4 Å². The summed E-state index contributed by atoms with van der Waals surface area (Å²) >= 11 is 0. The predicted molar refractivity (Wildman–Crippen MR) is 111 cm³/mol. The summed E-state index contributed by atoms with van der Waals surface area (Å²) in [6.07, 6.45) is 1.83. The van der Waals surface area contributed by atoms with Gasteiger partial charge in [0.1, 0.15) is 22.9 Å². The molecule has 1 unspecified atom stereocenters. The number of halogens is 1. The number of fused-ring (bicyclic) bond motifs is 1. The zero-order valence-electron chi connectivity index (χ0n) is 17.0. The van der Waals surface area contributed by atoms with Gasteiger partial charge in [-0.3, -0.25) is 9.59 Å². The Bertz CT molecular complexity index is 1160. The first-order chi connectivity index (χ1) is 15.4. The fourth-order valence-electron chi connectivity index (χ4n) is 3.60. The number of carbonyl (C=O) groups is 3. The molecule has 1 aliphatic heterocycles. The molecule has 0 spiro atoms. The second kappa shape index (κ2) is 9.73. The van der Waals surface area contributed by atoms with Gasteiger partial charge in [0.05, 0.1) is 19.9 Å². The van der Waals surface area contributed by atoms with Crippen LogP contribution in [0.2, 0.25) is 0 Å². The third-order valence-corrected chi connectivity index (χ3v) is 4.97. The van der Waals surface area contributed by atoms with E-state index in [2.05, 4.69) is 10.4 Å². The largest absolute Gasteiger partial charge is 0.496 e. The predicted octanol–water partition coefficient (Wildman–Crippen LogP) is 2.95. The molecular formula is C22H20FN3O6. The minimum absolute atomic E-state index is 0.0321. The zero-order valence-corrected chi connectivity index (χ0v) is 17.0. The van der Waals surface area contributed by atoms with Gasteiger partial charge in [-0.2, -0.15) is 5.10 Å². The number of aromatic nitrogens is 2. The molecule has 9 nitrogen and oxygen atoms in total. The summed E-state index contributed by atoms with van der Waals surface area (Å²) in [5.41, 5.74) is 2.21. The van der Waals surface area contributed by atoms with Gasteiger partial charge in [0, 0.05) is 17.9 Å². The summed E-state index contributed by atoms with van der Waals surface area (Å²) in [7, 11) is 1.41. The van der Waals surface area contributed by atoms with Crippen LogP contribution in [0.25, 0.3) is 0 Å². The van der Waals surface area contributed by atoms with E-state index < -0.39 is 5.97 Å². The lowest BCUT2D eigenvalue weighted by molar-refractivity contribution is -0.123. The number of anilines is 1. The molecular weight excluding hydrogens is 421 g/mol. The highest BCUT2D eigenvalue weighted by molar-refractivity contribution is 5.95. The van der Waals surface area contributed by atoms with E-state index in [4.69, 9.17) is 14.6 Å². The minimum Gasteiger partial charge on any atom is -0.496 e. The van der Waals surface area contributed by atoms with E-state index >= 15 is 0 Å². The first-order valence-corrected chi connectivity index (χ1v) is 9.47. The highest BCUT2D eigenvalue weighted by atomic mass is 19.1. The van der Waals surface area contributed by atoms with Crippen molar-refractivity contribution < 1.29 is 33.7 Å². The van der Waals surface area contributed by atoms with Crippen LogP contribution in [0.1, 0.15) is 39.4 Å². The molecule has 166 valence electrons. The second-order valence-corrected chi connectivity index (χ2v) is 6.91. The first kappa shape index (κ1) is 22.5. The number of rotatable bonds is 5. The summed E-state index contributed by atoms with van der Waals surface area (Å²) in [6, 6.07) is 11.0. The van der Waals surface area contributed by atoms with Gasteiger partial charge >= 0.3 is 5.97 Å². The van der Waals surface area contributed by atoms with Crippen molar-refractivity contribution in [1.82, 2.24) is 9.78 Å². The Hall–Kier alpha value is -4.21. The van der Waals surface area contributed by atoms with Crippen LogP contribution in [0.3, 0.4) is 0 Å². The summed E-state index contributed by atoms with van der Waals surface area (Å²) in [6.45, 7) is 0.0447. The Balaban J connectivity index is 0.000000913. The van der Waals surface area contributed by atoms with Crippen molar-refractivity contribution in [1.29, 1.82) is 0 Å². The standard InChI is InChI=1S/C21H18FN3O4.CH2O2/c1-29-18-6-5-13(8-16(18)21(27)28)15-9-19(26)24-20-17(15)10-23-25(20)11-12-3-2-4-14(22)7-12;2-1-3/h2-8,10,15H,9,11H2,1H3,(H,24,26)(H,27,28);1H,(H,2,3). The third kappa shape index (κ3) is 4.75.